The molecule has 25 heavy (non-hydrogen) atoms. The minimum absolute atomic E-state index is 0.149. The maximum atomic E-state index is 12.0. The highest BCUT2D eigenvalue weighted by molar-refractivity contribution is 6.35. The maximum Gasteiger partial charge on any atom is 0.276 e. The van der Waals surface area contributed by atoms with Crippen molar-refractivity contribution < 1.29 is 19.1 Å². The van der Waals surface area contributed by atoms with Gasteiger partial charge in [0.1, 0.15) is 0 Å². The SMILES string of the molecule is COc1cc(C)ccc1OCC(=O)NNC(=O)c1cc(Cl)ccc1Cl. The van der Waals surface area contributed by atoms with Crippen LogP contribution >= 0.6 is 23.2 Å². The summed E-state index contributed by atoms with van der Waals surface area (Å²) in [5.74, 6) is -0.196. The molecule has 0 unspecified atom stereocenters. The van der Waals surface area contributed by atoms with Gasteiger partial charge in [0.2, 0.25) is 0 Å². The first kappa shape index (κ1) is 18.9. The van der Waals surface area contributed by atoms with Crippen LogP contribution in [0.1, 0.15) is 15.9 Å². The van der Waals surface area contributed by atoms with Gasteiger partial charge in [0.15, 0.2) is 18.1 Å². The van der Waals surface area contributed by atoms with E-state index >= 15 is 0 Å². The Morgan fingerprint density at radius 2 is 1.80 bits per heavy atom. The molecule has 2 aromatic rings. The molecule has 0 spiro atoms. The van der Waals surface area contributed by atoms with E-state index in [-0.39, 0.29) is 17.2 Å². The quantitative estimate of drug-likeness (QED) is 0.778. The van der Waals surface area contributed by atoms with Crippen molar-refractivity contribution in [3.63, 3.8) is 0 Å². The number of methoxy groups -OCH3 is 1. The minimum atomic E-state index is -0.589. The first-order chi connectivity index (χ1) is 11.9. The smallest absolute Gasteiger partial charge is 0.276 e. The van der Waals surface area contributed by atoms with Gasteiger partial charge in [-0.15, -0.1) is 0 Å². The molecular formula is C17H16Cl2N2O4. The van der Waals surface area contributed by atoms with E-state index < -0.39 is 11.8 Å². The molecule has 0 aliphatic rings. The van der Waals surface area contributed by atoms with E-state index in [1.165, 1.54) is 19.2 Å². The van der Waals surface area contributed by atoms with Crippen LogP contribution in [0.5, 0.6) is 11.5 Å². The van der Waals surface area contributed by atoms with E-state index in [2.05, 4.69) is 10.9 Å². The average Bonchev–Trinajstić information content (AvgIpc) is 2.60. The number of rotatable bonds is 5. The van der Waals surface area contributed by atoms with Gasteiger partial charge >= 0.3 is 0 Å². The molecule has 2 N–H and O–H groups in total. The highest BCUT2D eigenvalue weighted by Crippen LogP contribution is 2.27. The molecule has 2 aromatic carbocycles. The topological polar surface area (TPSA) is 76.7 Å². The third-order valence-electron chi connectivity index (χ3n) is 3.17. The molecule has 0 aliphatic heterocycles. The number of aryl methyl sites for hydroxylation is 1. The van der Waals surface area contributed by atoms with E-state index in [0.717, 1.165) is 5.56 Å². The summed E-state index contributed by atoms with van der Waals surface area (Å²) in [5, 5.41) is 0.576. The Morgan fingerprint density at radius 1 is 1.04 bits per heavy atom. The average molecular weight is 383 g/mol. The number of carbonyl (C=O) groups is 2. The fraction of sp³-hybridized carbons (Fsp3) is 0.176. The van der Waals surface area contributed by atoms with Crippen LogP contribution in [-0.2, 0) is 4.79 Å². The van der Waals surface area contributed by atoms with Crippen molar-refractivity contribution in [2.24, 2.45) is 0 Å². The highest BCUT2D eigenvalue weighted by Gasteiger charge is 2.13. The predicted octanol–water partition coefficient (Wildman–Crippen LogP) is 3.15. The molecule has 0 radical (unpaired) electrons. The van der Waals surface area contributed by atoms with Crippen LogP contribution in [0.25, 0.3) is 0 Å². The summed E-state index contributed by atoms with van der Waals surface area (Å²) < 4.78 is 10.6. The van der Waals surface area contributed by atoms with Crippen molar-refractivity contribution in [3.8, 4) is 11.5 Å². The van der Waals surface area contributed by atoms with Crippen LogP contribution in [0.3, 0.4) is 0 Å². The van der Waals surface area contributed by atoms with Crippen molar-refractivity contribution >= 4 is 35.0 Å². The molecule has 0 atom stereocenters. The largest absolute Gasteiger partial charge is 0.493 e. The lowest BCUT2D eigenvalue weighted by Gasteiger charge is -2.12. The Morgan fingerprint density at radius 3 is 2.52 bits per heavy atom. The molecule has 0 aliphatic carbocycles. The zero-order chi connectivity index (χ0) is 18.4. The highest BCUT2D eigenvalue weighted by atomic mass is 35.5. The zero-order valence-electron chi connectivity index (χ0n) is 13.6. The number of amides is 2. The lowest BCUT2D eigenvalue weighted by Crippen LogP contribution is -2.43. The van der Waals surface area contributed by atoms with Crippen LogP contribution < -0.4 is 20.3 Å². The lowest BCUT2D eigenvalue weighted by molar-refractivity contribution is -0.123. The molecule has 6 nitrogen and oxygen atoms in total. The molecule has 0 bridgehead atoms. The molecule has 0 fully saturated rings. The second-order valence-corrected chi connectivity index (χ2v) is 5.91. The number of hydrogen-bond acceptors (Lipinski definition) is 4. The fourth-order valence-corrected chi connectivity index (χ4v) is 2.31. The van der Waals surface area contributed by atoms with Crippen molar-refractivity contribution in [2.75, 3.05) is 13.7 Å². The summed E-state index contributed by atoms with van der Waals surface area (Å²) in [7, 11) is 1.51. The Balaban J connectivity index is 1.89. The number of hydrazine groups is 1. The van der Waals surface area contributed by atoms with Gasteiger partial charge in [0, 0.05) is 5.02 Å². The normalized spacial score (nSPS) is 10.1. The fourth-order valence-electron chi connectivity index (χ4n) is 1.94. The van der Waals surface area contributed by atoms with Crippen LogP contribution in [-0.4, -0.2) is 25.5 Å². The molecule has 0 heterocycles. The summed E-state index contributed by atoms with van der Waals surface area (Å²) in [6.07, 6.45) is 0. The van der Waals surface area contributed by atoms with Gasteiger partial charge in [-0.3, -0.25) is 20.4 Å². The van der Waals surface area contributed by atoms with Gasteiger partial charge in [-0.2, -0.15) is 0 Å². The Bertz CT molecular complexity index is 796. The van der Waals surface area contributed by atoms with Gasteiger partial charge in [-0.05, 0) is 42.8 Å². The number of hydrogen-bond donors (Lipinski definition) is 2. The van der Waals surface area contributed by atoms with Crippen LogP contribution in [0.2, 0.25) is 10.0 Å². The summed E-state index contributed by atoms with van der Waals surface area (Å²) in [5.41, 5.74) is 5.64. The van der Waals surface area contributed by atoms with Crippen molar-refractivity contribution in [1.82, 2.24) is 10.9 Å². The second-order valence-electron chi connectivity index (χ2n) is 5.07. The summed E-state index contributed by atoms with van der Waals surface area (Å²) >= 11 is 11.7. The molecule has 0 saturated carbocycles. The molecule has 132 valence electrons. The van der Waals surface area contributed by atoms with Crippen LogP contribution in [0.15, 0.2) is 36.4 Å². The van der Waals surface area contributed by atoms with E-state index in [1.807, 2.05) is 13.0 Å². The molecule has 2 amide bonds. The summed E-state index contributed by atoms with van der Waals surface area (Å²) in [6.45, 7) is 1.61. The first-order valence-electron chi connectivity index (χ1n) is 7.22. The first-order valence-corrected chi connectivity index (χ1v) is 7.98. The molecule has 8 heteroatoms. The van der Waals surface area contributed by atoms with Crippen molar-refractivity contribution in [1.29, 1.82) is 0 Å². The maximum absolute atomic E-state index is 12.0. The number of carbonyl (C=O) groups excluding carboxylic acids is 2. The van der Waals surface area contributed by atoms with Gasteiger partial charge in [0.05, 0.1) is 17.7 Å². The Labute approximate surface area is 155 Å². The van der Waals surface area contributed by atoms with Crippen molar-refractivity contribution in [3.05, 3.63) is 57.6 Å². The van der Waals surface area contributed by atoms with E-state index in [4.69, 9.17) is 32.7 Å². The van der Waals surface area contributed by atoms with Gasteiger partial charge in [0.25, 0.3) is 11.8 Å². The van der Waals surface area contributed by atoms with Gasteiger partial charge in [-0.25, -0.2) is 0 Å². The molecule has 0 saturated heterocycles. The zero-order valence-corrected chi connectivity index (χ0v) is 15.1. The summed E-state index contributed by atoms with van der Waals surface area (Å²) in [4.78, 5) is 23.8. The predicted molar refractivity (Wildman–Crippen MR) is 95.3 cm³/mol. The number of benzene rings is 2. The monoisotopic (exact) mass is 382 g/mol. The third kappa shape index (κ3) is 5.27. The number of halogens is 2. The molecule has 0 aromatic heterocycles. The van der Waals surface area contributed by atoms with Gasteiger partial charge < -0.3 is 9.47 Å². The number of nitrogens with one attached hydrogen (secondary N) is 2. The third-order valence-corrected chi connectivity index (χ3v) is 3.73. The number of ether oxygens (including phenoxy) is 2. The Kier molecular flexibility index (Phi) is 6.50. The van der Waals surface area contributed by atoms with E-state index in [0.29, 0.717) is 16.5 Å². The van der Waals surface area contributed by atoms with Crippen LogP contribution in [0, 0.1) is 6.92 Å². The Hall–Kier alpha value is -2.44. The van der Waals surface area contributed by atoms with Gasteiger partial charge in [-0.1, -0.05) is 29.3 Å². The summed E-state index contributed by atoms with van der Waals surface area (Å²) in [6, 6.07) is 9.77. The second kappa shape index (κ2) is 8.60. The van der Waals surface area contributed by atoms with E-state index in [1.54, 1.807) is 18.2 Å². The standard InChI is InChI=1S/C17H16Cl2N2O4/c1-10-3-6-14(15(7-10)24-2)25-9-16(22)20-21-17(23)12-8-11(18)4-5-13(12)19/h3-8H,9H2,1-2H3,(H,20,22)(H,21,23). The lowest BCUT2D eigenvalue weighted by atomic mass is 10.2. The minimum Gasteiger partial charge on any atom is -0.493 e. The molecule has 2 rings (SSSR count). The van der Waals surface area contributed by atoms with E-state index in [9.17, 15) is 9.59 Å². The van der Waals surface area contributed by atoms with Crippen molar-refractivity contribution in [2.45, 2.75) is 6.92 Å². The molecular weight excluding hydrogens is 367 g/mol. The van der Waals surface area contributed by atoms with Crippen LogP contribution in [0.4, 0.5) is 0 Å².